The molecule has 4 nitrogen and oxygen atoms in total. The Labute approximate surface area is 132 Å². The summed E-state index contributed by atoms with van der Waals surface area (Å²) >= 11 is 3.39. The number of carbonyl (C=O) groups excluding carboxylic acids is 1. The Morgan fingerprint density at radius 3 is 2.38 bits per heavy atom. The molecule has 2 N–H and O–H groups in total. The Hall–Kier alpha value is -2.01. The number of carbonyl (C=O) groups is 1. The number of benzene rings is 2. The molecule has 0 fully saturated rings. The lowest BCUT2D eigenvalue weighted by molar-refractivity contribution is 0.247. The van der Waals surface area contributed by atoms with Gasteiger partial charge in [-0.15, -0.1) is 0 Å². The molecule has 0 unspecified atom stereocenters. The Morgan fingerprint density at radius 2 is 1.76 bits per heavy atom. The fourth-order valence-corrected chi connectivity index (χ4v) is 2.14. The number of nitrogens with zero attached hydrogens (tertiary/aromatic N) is 1. The number of phenols is 1. The number of aromatic hydroxyl groups is 1. The van der Waals surface area contributed by atoms with Crippen molar-refractivity contribution in [2.75, 3.05) is 18.5 Å². The molecular formula is C16H17BrN2O2. The van der Waals surface area contributed by atoms with Crippen LogP contribution in [0.25, 0.3) is 0 Å². The van der Waals surface area contributed by atoms with Crippen LogP contribution >= 0.6 is 15.9 Å². The van der Waals surface area contributed by atoms with Crippen molar-refractivity contribution < 1.29 is 9.90 Å². The van der Waals surface area contributed by atoms with E-state index in [1.165, 1.54) is 10.5 Å². The van der Waals surface area contributed by atoms with Crippen molar-refractivity contribution in [1.29, 1.82) is 0 Å². The van der Waals surface area contributed by atoms with Gasteiger partial charge in [0.1, 0.15) is 5.75 Å². The van der Waals surface area contributed by atoms with Crippen LogP contribution in [0.5, 0.6) is 5.75 Å². The predicted octanol–water partition coefficient (Wildman–Crippen LogP) is 3.54. The highest BCUT2D eigenvalue weighted by atomic mass is 79.9. The third kappa shape index (κ3) is 4.49. The van der Waals surface area contributed by atoms with Crippen LogP contribution in [0, 0.1) is 0 Å². The van der Waals surface area contributed by atoms with Crippen LogP contribution < -0.4 is 10.2 Å². The number of phenolic OH excluding ortho intramolecular Hbond substituents is 1. The first kappa shape index (κ1) is 15.4. The SMILES string of the molecule is CN(C(=O)NCCc1ccc(Br)cc1)c1ccc(O)cc1. The van der Waals surface area contributed by atoms with Gasteiger partial charge in [-0.2, -0.15) is 0 Å². The van der Waals surface area contributed by atoms with E-state index in [-0.39, 0.29) is 11.8 Å². The van der Waals surface area contributed by atoms with Gasteiger partial charge in [-0.25, -0.2) is 4.79 Å². The highest BCUT2D eigenvalue weighted by Gasteiger charge is 2.09. The molecule has 0 aromatic heterocycles. The summed E-state index contributed by atoms with van der Waals surface area (Å²) in [5.41, 5.74) is 1.90. The molecule has 0 heterocycles. The lowest BCUT2D eigenvalue weighted by Gasteiger charge is -2.18. The fourth-order valence-electron chi connectivity index (χ4n) is 1.88. The zero-order valence-corrected chi connectivity index (χ0v) is 13.3. The van der Waals surface area contributed by atoms with Gasteiger partial charge in [0.15, 0.2) is 0 Å². The summed E-state index contributed by atoms with van der Waals surface area (Å²) in [4.78, 5) is 13.5. The molecule has 0 radical (unpaired) electrons. The molecule has 2 rings (SSSR count). The van der Waals surface area contributed by atoms with Gasteiger partial charge in [-0.1, -0.05) is 28.1 Å². The van der Waals surface area contributed by atoms with Crippen molar-refractivity contribution in [3.05, 3.63) is 58.6 Å². The highest BCUT2D eigenvalue weighted by Crippen LogP contribution is 2.17. The molecule has 0 saturated carbocycles. The van der Waals surface area contributed by atoms with Crippen molar-refractivity contribution in [3.63, 3.8) is 0 Å². The molecule has 0 spiro atoms. The first-order valence-electron chi connectivity index (χ1n) is 6.61. The van der Waals surface area contributed by atoms with E-state index in [2.05, 4.69) is 21.2 Å². The van der Waals surface area contributed by atoms with Crippen LogP contribution in [0.15, 0.2) is 53.0 Å². The quantitative estimate of drug-likeness (QED) is 0.887. The number of anilines is 1. The van der Waals surface area contributed by atoms with E-state index >= 15 is 0 Å². The van der Waals surface area contributed by atoms with E-state index in [1.54, 1.807) is 31.3 Å². The third-order valence-corrected chi connectivity index (χ3v) is 3.67. The maximum atomic E-state index is 12.0. The van der Waals surface area contributed by atoms with Gasteiger partial charge in [0.25, 0.3) is 0 Å². The monoisotopic (exact) mass is 348 g/mol. The van der Waals surface area contributed by atoms with Crippen molar-refractivity contribution in [2.45, 2.75) is 6.42 Å². The van der Waals surface area contributed by atoms with Crippen LogP contribution in [-0.4, -0.2) is 24.7 Å². The zero-order chi connectivity index (χ0) is 15.2. The van der Waals surface area contributed by atoms with E-state index in [4.69, 9.17) is 0 Å². The van der Waals surface area contributed by atoms with E-state index in [9.17, 15) is 9.90 Å². The second-order valence-corrected chi connectivity index (χ2v) is 5.60. The van der Waals surface area contributed by atoms with Crippen LogP contribution in [0.4, 0.5) is 10.5 Å². The number of halogens is 1. The summed E-state index contributed by atoms with van der Waals surface area (Å²) in [7, 11) is 1.70. The smallest absolute Gasteiger partial charge is 0.321 e. The largest absolute Gasteiger partial charge is 0.508 e. The summed E-state index contributed by atoms with van der Waals surface area (Å²) < 4.78 is 1.04. The van der Waals surface area contributed by atoms with Crippen molar-refractivity contribution in [3.8, 4) is 5.75 Å². The fraction of sp³-hybridized carbons (Fsp3) is 0.188. The van der Waals surface area contributed by atoms with Crippen LogP contribution in [0.2, 0.25) is 0 Å². The molecule has 5 heteroatoms. The number of amides is 2. The van der Waals surface area contributed by atoms with Gasteiger partial charge in [-0.05, 0) is 48.4 Å². The molecule has 2 aromatic carbocycles. The van der Waals surface area contributed by atoms with E-state index in [0.717, 1.165) is 16.6 Å². The minimum atomic E-state index is -0.169. The minimum absolute atomic E-state index is 0.169. The Kier molecular flexibility index (Phi) is 5.22. The number of hydrogen-bond donors (Lipinski definition) is 2. The van der Waals surface area contributed by atoms with Gasteiger partial charge >= 0.3 is 6.03 Å². The summed E-state index contributed by atoms with van der Waals surface area (Å²) in [5.74, 6) is 0.183. The minimum Gasteiger partial charge on any atom is -0.508 e. The van der Waals surface area contributed by atoms with Crippen LogP contribution in [-0.2, 0) is 6.42 Å². The Balaban J connectivity index is 1.83. The number of rotatable bonds is 4. The van der Waals surface area contributed by atoms with Crippen molar-refractivity contribution in [2.24, 2.45) is 0 Å². The first-order valence-corrected chi connectivity index (χ1v) is 7.40. The zero-order valence-electron chi connectivity index (χ0n) is 11.7. The second-order valence-electron chi connectivity index (χ2n) is 4.68. The second kappa shape index (κ2) is 7.13. The predicted molar refractivity (Wildman–Crippen MR) is 87.8 cm³/mol. The van der Waals surface area contributed by atoms with Gasteiger partial charge in [0, 0.05) is 23.8 Å². The molecule has 2 amide bonds. The molecule has 0 atom stereocenters. The van der Waals surface area contributed by atoms with E-state index < -0.39 is 0 Å². The average Bonchev–Trinajstić information content (AvgIpc) is 2.49. The molecule has 2 aromatic rings. The Morgan fingerprint density at radius 1 is 1.14 bits per heavy atom. The van der Waals surface area contributed by atoms with Gasteiger partial charge in [0.2, 0.25) is 0 Å². The maximum Gasteiger partial charge on any atom is 0.321 e. The van der Waals surface area contributed by atoms with Crippen LogP contribution in [0.1, 0.15) is 5.56 Å². The first-order chi connectivity index (χ1) is 10.1. The summed E-state index contributed by atoms with van der Waals surface area (Å²) in [6.45, 7) is 0.572. The lowest BCUT2D eigenvalue weighted by atomic mass is 10.1. The summed E-state index contributed by atoms with van der Waals surface area (Å²) in [6.07, 6.45) is 0.780. The average molecular weight is 349 g/mol. The van der Waals surface area contributed by atoms with E-state index in [0.29, 0.717) is 6.54 Å². The van der Waals surface area contributed by atoms with Crippen LogP contribution in [0.3, 0.4) is 0 Å². The Bertz CT molecular complexity index is 597. The molecule has 110 valence electrons. The summed E-state index contributed by atoms with van der Waals surface area (Å²) in [5, 5.41) is 12.1. The topological polar surface area (TPSA) is 52.6 Å². The molecule has 0 saturated heterocycles. The maximum absolute atomic E-state index is 12.0. The normalized spacial score (nSPS) is 10.2. The van der Waals surface area contributed by atoms with E-state index in [1.807, 2.05) is 24.3 Å². The number of urea groups is 1. The van der Waals surface area contributed by atoms with Gasteiger partial charge in [-0.3, -0.25) is 4.90 Å². The van der Waals surface area contributed by atoms with Gasteiger partial charge in [0.05, 0.1) is 0 Å². The van der Waals surface area contributed by atoms with Crippen molar-refractivity contribution in [1.82, 2.24) is 5.32 Å². The molecular weight excluding hydrogens is 332 g/mol. The molecule has 0 aliphatic carbocycles. The summed E-state index contributed by atoms with van der Waals surface area (Å²) in [6, 6.07) is 14.4. The number of hydrogen-bond acceptors (Lipinski definition) is 2. The third-order valence-electron chi connectivity index (χ3n) is 3.14. The molecule has 0 bridgehead atoms. The number of nitrogens with one attached hydrogen (secondary N) is 1. The highest BCUT2D eigenvalue weighted by molar-refractivity contribution is 9.10. The van der Waals surface area contributed by atoms with Crippen molar-refractivity contribution >= 4 is 27.6 Å². The molecule has 0 aliphatic rings. The molecule has 0 aliphatic heterocycles. The standard InChI is InChI=1S/C16H17BrN2O2/c1-19(14-6-8-15(20)9-7-14)16(21)18-11-10-12-2-4-13(17)5-3-12/h2-9,20H,10-11H2,1H3,(H,18,21). The molecule has 21 heavy (non-hydrogen) atoms. The lowest BCUT2D eigenvalue weighted by Crippen LogP contribution is -2.38. The van der Waals surface area contributed by atoms with Gasteiger partial charge < -0.3 is 10.4 Å².